The topological polar surface area (TPSA) is 119 Å². The first-order chi connectivity index (χ1) is 14.6. The second-order valence-electron chi connectivity index (χ2n) is 6.56. The molecule has 2 aromatic carbocycles. The molecule has 1 heterocycles. The van der Waals surface area contributed by atoms with Crippen molar-refractivity contribution in [3.8, 4) is 5.75 Å². The van der Waals surface area contributed by atoms with Crippen LogP contribution in [0.4, 0.5) is 24.5 Å². The SMILES string of the molecule is O=C(COc1ccc(S(=O)(=O)N2CCCC2)cc1[N+](=O)[O-])Nc1ccc(F)c(F)c1F. The Labute approximate surface area is 174 Å². The molecule has 166 valence electrons. The number of hydrogen-bond acceptors (Lipinski definition) is 6. The van der Waals surface area contributed by atoms with E-state index < -0.39 is 62.0 Å². The quantitative estimate of drug-likeness (QED) is 0.386. The first-order valence-corrected chi connectivity index (χ1v) is 10.4. The highest BCUT2D eigenvalue weighted by molar-refractivity contribution is 7.89. The van der Waals surface area contributed by atoms with E-state index in [0.29, 0.717) is 32.0 Å². The van der Waals surface area contributed by atoms with Crippen molar-refractivity contribution in [2.45, 2.75) is 17.7 Å². The van der Waals surface area contributed by atoms with Crippen molar-refractivity contribution in [3.05, 3.63) is 57.9 Å². The van der Waals surface area contributed by atoms with E-state index in [-0.39, 0.29) is 4.90 Å². The Morgan fingerprint density at radius 2 is 1.81 bits per heavy atom. The van der Waals surface area contributed by atoms with E-state index in [1.54, 1.807) is 0 Å². The van der Waals surface area contributed by atoms with Gasteiger partial charge in [0.15, 0.2) is 29.8 Å². The van der Waals surface area contributed by atoms with Gasteiger partial charge in [-0.15, -0.1) is 0 Å². The highest BCUT2D eigenvalue weighted by atomic mass is 32.2. The minimum absolute atomic E-state index is 0.290. The number of sulfonamides is 1. The van der Waals surface area contributed by atoms with Crippen molar-refractivity contribution in [2.75, 3.05) is 25.0 Å². The summed E-state index contributed by atoms with van der Waals surface area (Å²) in [5.41, 5.74) is -1.33. The van der Waals surface area contributed by atoms with E-state index in [1.165, 1.54) is 4.31 Å². The predicted octanol–water partition coefficient (Wildman–Crippen LogP) is 2.81. The monoisotopic (exact) mass is 459 g/mol. The molecule has 0 spiro atoms. The third-order valence-electron chi connectivity index (χ3n) is 4.50. The van der Waals surface area contributed by atoms with E-state index in [4.69, 9.17) is 4.74 Å². The number of nitrogens with zero attached hydrogens (tertiary/aromatic N) is 2. The van der Waals surface area contributed by atoms with E-state index in [2.05, 4.69) is 0 Å². The molecule has 0 radical (unpaired) electrons. The van der Waals surface area contributed by atoms with Crippen LogP contribution in [0.2, 0.25) is 0 Å². The van der Waals surface area contributed by atoms with Crippen molar-refractivity contribution < 1.29 is 36.0 Å². The maximum absolute atomic E-state index is 13.6. The summed E-state index contributed by atoms with van der Waals surface area (Å²) in [5.74, 6) is -6.23. The van der Waals surface area contributed by atoms with Crippen LogP contribution in [0.1, 0.15) is 12.8 Å². The minimum Gasteiger partial charge on any atom is -0.477 e. The lowest BCUT2D eigenvalue weighted by molar-refractivity contribution is -0.386. The molecule has 0 unspecified atom stereocenters. The van der Waals surface area contributed by atoms with Gasteiger partial charge < -0.3 is 10.1 Å². The van der Waals surface area contributed by atoms with Crippen LogP contribution >= 0.6 is 0 Å². The van der Waals surface area contributed by atoms with E-state index >= 15 is 0 Å². The molecule has 1 aliphatic heterocycles. The average Bonchev–Trinajstić information content (AvgIpc) is 3.28. The van der Waals surface area contributed by atoms with Gasteiger partial charge in [0.25, 0.3) is 5.91 Å². The number of anilines is 1. The largest absolute Gasteiger partial charge is 0.477 e. The van der Waals surface area contributed by atoms with Crippen molar-refractivity contribution >= 4 is 27.3 Å². The molecule has 1 amide bonds. The smallest absolute Gasteiger partial charge is 0.312 e. The zero-order chi connectivity index (χ0) is 22.8. The first-order valence-electron chi connectivity index (χ1n) is 8.96. The Morgan fingerprint density at radius 1 is 1.13 bits per heavy atom. The van der Waals surface area contributed by atoms with Gasteiger partial charge >= 0.3 is 5.69 Å². The molecule has 0 saturated carbocycles. The van der Waals surface area contributed by atoms with Gasteiger partial charge in [0.1, 0.15) is 0 Å². The van der Waals surface area contributed by atoms with Crippen LogP contribution < -0.4 is 10.1 Å². The van der Waals surface area contributed by atoms with Crippen LogP contribution in [-0.4, -0.2) is 43.2 Å². The molecule has 0 atom stereocenters. The third-order valence-corrected chi connectivity index (χ3v) is 6.39. The molecule has 31 heavy (non-hydrogen) atoms. The van der Waals surface area contributed by atoms with E-state index in [0.717, 1.165) is 24.3 Å². The van der Waals surface area contributed by atoms with Gasteiger partial charge in [0.05, 0.1) is 15.5 Å². The Hall–Kier alpha value is -3.19. The van der Waals surface area contributed by atoms with E-state index in [9.17, 15) is 36.5 Å². The molecule has 0 aromatic heterocycles. The van der Waals surface area contributed by atoms with Gasteiger partial charge in [-0.05, 0) is 37.1 Å². The van der Waals surface area contributed by atoms with Crippen LogP contribution in [0.25, 0.3) is 0 Å². The number of hydrogen-bond donors (Lipinski definition) is 1. The standard InChI is InChI=1S/C18H16F3N3O6S/c19-12-4-5-13(18(21)17(12)20)22-16(25)10-30-15-6-3-11(9-14(15)24(26)27)31(28,29)23-7-1-2-8-23/h3-6,9H,1-2,7-8,10H2,(H,22,25). The van der Waals surface area contributed by atoms with Gasteiger partial charge in [-0.2, -0.15) is 4.31 Å². The highest BCUT2D eigenvalue weighted by Crippen LogP contribution is 2.32. The molecule has 0 bridgehead atoms. The number of nitro benzene ring substituents is 1. The van der Waals surface area contributed by atoms with Crippen LogP contribution in [0.5, 0.6) is 5.75 Å². The van der Waals surface area contributed by atoms with Crippen molar-refractivity contribution in [2.24, 2.45) is 0 Å². The van der Waals surface area contributed by atoms with Crippen LogP contribution in [-0.2, 0) is 14.8 Å². The molecule has 1 aliphatic rings. The van der Waals surface area contributed by atoms with Crippen molar-refractivity contribution in [3.63, 3.8) is 0 Å². The fraction of sp³-hybridized carbons (Fsp3) is 0.278. The molecule has 1 N–H and O–H groups in total. The molecule has 9 nitrogen and oxygen atoms in total. The summed E-state index contributed by atoms with van der Waals surface area (Å²) in [5, 5.41) is 13.3. The summed E-state index contributed by atoms with van der Waals surface area (Å²) in [6.07, 6.45) is 1.38. The molecular weight excluding hydrogens is 443 g/mol. The lowest BCUT2D eigenvalue weighted by Gasteiger charge is -2.16. The van der Waals surface area contributed by atoms with Crippen molar-refractivity contribution in [1.29, 1.82) is 0 Å². The summed E-state index contributed by atoms with van der Waals surface area (Å²) in [4.78, 5) is 22.1. The fourth-order valence-corrected chi connectivity index (χ4v) is 4.49. The fourth-order valence-electron chi connectivity index (χ4n) is 2.95. The number of benzene rings is 2. The first kappa shape index (κ1) is 22.5. The van der Waals surface area contributed by atoms with Crippen LogP contribution in [0.3, 0.4) is 0 Å². The molecule has 2 aromatic rings. The molecule has 13 heteroatoms. The van der Waals surface area contributed by atoms with Crippen molar-refractivity contribution in [1.82, 2.24) is 4.31 Å². The second kappa shape index (κ2) is 8.89. The van der Waals surface area contributed by atoms with Gasteiger partial charge in [-0.3, -0.25) is 14.9 Å². The molecular formula is C18H16F3N3O6S. The Bertz CT molecular complexity index is 1140. The molecule has 1 saturated heterocycles. The number of ether oxygens (including phenoxy) is 1. The number of amides is 1. The number of carbonyl (C=O) groups is 1. The Balaban J connectivity index is 1.75. The maximum atomic E-state index is 13.6. The number of nitrogens with one attached hydrogen (secondary N) is 1. The third kappa shape index (κ3) is 4.77. The summed E-state index contributed by atoms with van der Waals surface area (Å²) in [6, 6.07) is 4.39. The average molecular weight is 459 g/mol. The second-order valence-corrected chi connectivity index (χ2v) is 8.50. The lowest BCUT2D eigenvalue weighted by Crippen LogP contribution is -2.28. The number of rotatable bonds is 7. The number of nitro groups is 1. The zero-order valence-corrected chi connectivity index (χ0v) is 16.6. The number of carbonyl (C=O) groups excluding carboxylic acids is 1. The van der Waals surface area contributed by atoms with Gasteiger partial charge in [0.2, 0.25) is 10.0 Å². The van der Waals surface area contributed by atoms with Gasteiger partial charge in [0, 0.05) is 19.2 Å². The highest BCUT2D eigenvalue weighted by Gasteiger charge is 2.30. The summed E-state index contributed by atoms with van der Waals surface area (Å²) in [6.45, 7) is -0.207. The molecule has 3 rings (SSSR count). The Morgan fingerprint density at radius 3 is 2.45 bits per heavy atom. The van der Waals surface area contributed by atoms with Gasteiger partial charge in [-0.25, -0.2) is 21.6 Å². The number of halogens is 3. The molecule has 1 fully saturated rings. The predicted molar refractivity (Wildman–Crippen MR) is 102 cm³/mol. The van der Waals surface area contributed by atoms with Crippen LogP contribution in [0.15, 0.2) is 35.2 Å². The Kier molecular flexibility index (Phi) is 6.45. The minimum atomic E-state index is -3.91. The lowest BCUT2D eigenvalue weighted by atomic mass is 10.2. The van der Waals surface area contributed by atoms with E-state index in [1.807, 2.05) is 5.32 Å². The van der Waals surface area contributed by atoms with Gasteiger partial charge in [-0.1, -0.05) is 0 Å². The maximum Gasteiger partial charge on any atom is 0.312 e. The van der Waals surface area contributed by atoms with Crippen LogP contribution in [0, 0.1) is 27.6 Å². The summed E-state index contributed by atoms with van der Waals surface area (Å²) < 4.78 is 71.2. The zero-order valence-electron chi connectivity index (χ0n) is 15.8. The summed E-state index contributed by atoms with van der Waals surface area (Å²) >= 11 is 0. The summed E-state index contributed by atoms with van der Waals surface area (Å²) in [7, 11) is -3.91. The normalized spacial score (nSPS) is 14.4. The molecule has 0 aliphatic carbocycles.